The number of benzene rings is 1. The highest BCUT2D eigenvalue weighted by Gasteiger charge is 2.32. The van der Waals surface area contributed by atoms with Gasteiger partial charge in [0.1, 0.15) is 0 Å². The van der Waals surface area contributed by atoms with Crippen LogP contribution < -0.4 is 5.32 Å². The fraction of sp³-hybridized carbons (Fsp3) is 0.667. The fourth-order valence-electron chi connectivity index (χ4n) is 3.18. The van der Waals surface area contributed by atoms with Crippen molar-refractivity contribution in [3.8, 4) is 0 Å². The maximum absolute atomic E-state index is 3.48. The summed E-state index contributed by atoms with van der Waals surface area (Å²) in [6, 6.07) is 7.35. The second-order valence-corrected chi connectivity index (χ2v) is 6.79. The molecular formula is C18H30N2. The number of hydrogen-bond acceptors (Lipinski definition) is 2. The van der Waals surface area contributed by atoms with E-state index in [1.54, 1.807) is 0 Å². The Hall–Kier alpha value is -0.860. The zero-order valence-corrected chi connectivity index (χ0v) is 13.7. The number of nitrogens with one attached hydrogen (secondary N) is 1. The van der Waals surface area contributed by atoms with Crippen molar-refractivity contribution in [1.29, 1.82) is 0 Å². The van der Waals surface area contributed by atoms with Gasteiger partial charge >= 0.3 is 0 Å². The summed E-state index contributed by atoms with van der Waals surface area (Å²) in [4.78, 5) is 2.50. The van der Waals surface area contributed by atoms with Crippen LogP contribution in [0.25, 0.3) is 0 Å². The van der Waals surface area contributed by atoms with Gasteiger partial charge < -0.3 is 10.2 Å². The number of aryl methyl sites for hydroxylation is 2. The summed E-state index contributed by atoms with van der Waals surface area (Å²) in [5.74, 6) is 1.91. The molecular weight excluding hydrogens is 244 g/mol. The second kappa shape index (κ2) is 6.73. The first-order chi connectivity index (χ1) is 9.49. The fourth-order valence-corrected chi connectivity index (χ4v) is 3.18. The lowest BCUT2D eigenvalue weighted by Gasteiger charge is -2.22. The quantitative estimate of drug-likeness (QED) is 0.818. The number of hydrogen-bond donors (Lipinski definition) is 1. The molecule has 0 spiro atoms. The predicted molar refractivity (Wildman–Crippen MR) is 87.1 cm³/mol. The van der Waals surface area contributed by atoms with Crippen LogP contribution in [0.3, 0.4) is 0 Å². The van der Waals surface area contributed by atoms with Crippen LogP contribution in [-0.4, -0.2) is 32.1 Å². The minimum Gasteiger partial charge on any atom is -0.313 e. The molecule has 0 saturated heterocycles. The summed E-state index contributed by atoms with van der Waals surface area (Å²) < 4.78 is 0. The van der Waals surface area contributed by atoms with E-state index in [1.807, 2.05) is 0 Å². The van der Waals surface area contributed by atoms with E-state index in [4.69, 9.17) is 0 Å². The van der Waals surface area contributed by atoms with E-state index >= 15 is 0 Å². The van der Waals surface area contributed by atoms with E-state index in [2.05, 4.69) is 63.3 Å². The molecule has 0 aliphatic heterocycles. The topological polar surface area (TPSA) is 15.3 Å². The van der Waals surface area contributed by atoms with Gasteiger partial charge in [0.25, 0.3) is 0 Å². The lowest BCUT2D eigenvalue weighted by Crippen LogP contribution is -2.27. The molecule has 3 atom stereocenters. The molecule has 1 aliphatic rings. The number of nitrogens with zero attached hydrogens (tertiary/aromatic N) is 1. The second-order valence-electron chi connectivity index (χ2n) is 6.79. The molecule has 2 heteroatoms. The van der Waals surface area contributed by atoms with E-state index in [9.17, 15) is 0 Å². The highest BCUT2D eigenvalue weighted by atomic mass is 15.1. The van der Waals surface area contributed by atoms with E-state index in [0.29, 0.717) is 6.04 Å². The third-order valence-electron chi connectivity index (χ3n) is 4.62. The van der Waals surface area contributed by atoms with Crippen molar-refractivity contribution in [2.45, 2.75) is 39.7 Å². The highest BCUT2D eigenvalue weighted by Crippen LogP contribution is 2.38. The van der Waals surface area contributed by atoms with Crippen LogP contribution in [0.4, 0.5) is 0 Å². The van der Waals surface area contributed by atoms with Crippen molar-refractivity contribution < 1.29 is 0 Å². The molecule has 2 rings (SSSR count). The van der Waals surface area contributed by atoms with Gasteiger partial charge in [-0.25, -0.2) is 0 Å². The molecule has 20 heavy (non-hydrogen) atoms. The molecule has 1 fully saturated rings. The van der Waals surface area contributed by atoms with Crippen molar-refractivity contribution in [3.05, 3.63) is 34.9 Å². The van der Waals surface area contributed by atoms with Crippen molar-refractivity contribution in [1.82, 2.24) is 10.2 Å². The molecule has 0 aromatic heterocycles. The summed E-state index contributed by atoms with van der Waals surface area (Å²) in [5, 5.41) is 3.48. The Morgan fingerprint density at radius 3 is 2.35 bits per heavy atom. The van der Waals surface area contributed by atoms with E-state index in [1.165, 1.54) is 42.6 Å². The summed E-state index contributed by atoms with van der Waals surface area (Å²) in [6.07, 6.45) is 2.61. The van der Waals surface area contributed by atoms with Gasteiger partial charge in [-0.05, 0) is 64.7 Å². The third-order valence-corrected chi connectivity index (χ3v) is 4.62. The van der Waals surface area contributed by atoms with E-state index < -0.39 is 0 Å². The van der Waals surface area contributed by atoms with Crippen LogP contribution >= 0.6 is 0 Å². The van der Waals surface area contributed by atoms with Crippen LogP contribution in [-0.2, 0) is 0 Å². The molecule has 0 bridgehead atoms. The summed E-state index contributed by atoms with van der Waals surface area (Å²) >= 11 is 0. The first-order valence-electron chi connectivity index (χ1n) is 7.93. The first-order valence-corrected chi connectivity index (χ1v) is 7.93. The zero-order valence-electron chi connectivity index (χ0n) is 13.7. The first kappa shape index (κ1) is 15.5. The van der Waals surface area contributed by atoms with Gasteiger partial charge in [0.15, 0.2) is 0 Å². The van der Waals surface area contributed by atoms with Crippen LogP contribution in [0.5, 0.6) is 0 Å². The maximum Gasteiger partial charge on any atom is 0.0329 e. The molecule has 1 aromatic rings. The molecule has 112 valence electrons. The van der Waals surface area contributed by atoms with Gasteiger partial charge in [0, 0.05) is 12.6 Å². The Balaban J connectivity index is 1.87. The highest BCUT2D eigenvalue weighted by molar-refractivity contribution is 5.30. The average molecular weight is 274 g/mol. The van der Waals surface area contributed by atoms with Crippen LogP contribution in [0.1, 0.15) is 42.5 Å². The smallest absolute Gasteiger partial charge is 0.0329 e. The lowest BCUT2D eigenvalue weighted by atomic mass is 9.99. The Kier molecular flexibility index (Phi) is 5.22. The van der Waals surface area contributed by atoms with Crippen molar-refractivity contribution in [2.24, 2.45) is 11.8 Å². The summed E-state index contributed by atoms with van der Waals surface area (Å²) in [6.45, 7) is 9.17. The summed E-state index contributed by atoms with van der Waals surface area (Å²) in [5.41, 5.74) is 4.15. The molecule has 0 heterocycles. The molecule has 3 unspecified atom stereocenters. The Bertz CT molecular complexity index is 421. The minimum atomic E-state index is 0.465. The van der Waals surface area contributed by atoms with E-state index in [0.717, 1.165) is 11.8 Å². The molecule has 2 nitrogen and oxygen atoms in total. The van der Waals surface area contributed by atoms with Crippen molar-refractivity contribution in [2.75, 3.05) is 27.2 Å². The summed E-state index contributed by atoms with van der Waals surface area (Å²) in [7, 11) is 4.34. The standard InChI is InChI=1S/C18H30N2/c1-13-8-14(2)10-16(9-13)18(19-4)6-7-20(5)12-17-11-15(17)3/h8-10,15,17-19H,6-7,11-12H2,1-5H3. The molecule has 0 amide bonds. The normalized spacial score (nSPS) is 23.1. The Morgan fingerprint density at radius 1 is 1.25 bits per heavy atom. The van der Waals surface area contributed by atoms with Gasteiger partial charge in [0.05, 0.1) is 0 Å². The van der Waals surface area contributed by atoms with Crippen molar-refractivity contribution >= 4 is 0 Å². The van der Waals surface area contributed by atoms with Gasteiger partial charge in [-0.3, -0.25) is 0 Å². The van der Waals surface area contributed by atoms with Gasteiger partial charge in [-0.2, -0.15) is 0 Å². The van der Waals surface area contributed by atoms with Crippen LogP contribution in [0.15, 0.2) is 18.2 Å². The van der Waals surface area contributed by atoms with Gasteiger partial charge in [-0.15, -0.1) is 0 Å². The Morgan fingerprint density at radius 2 is 1.85 bits per heavy atom. The maximum atomic E-state index is 3.48. The minimum absolute atomic E-state index is 0.465. The largest absolute Gasteiger partial charge is 0.313 e. The molecule has 1 aromatic carbocycles. The molecule has 0 radical (unpaired) electrons. The zero-order chi connectivity index (χ0) is 14.7. The third kappa shape index (κ3) is 4.32. The lowest BCUT2D eigenvalue weighted by molar-refractivity contribution is 0.295. The van der Waals surface area contributed by atoms with Crippen LogP contribution in [0, 0.1) is 25.7 Å². The molecule has 1 aliphatic carbocycles. The molecule has 1 N–H and O–H groups in total. The Labute approximate surface area is 124 Å². The van der Waals surface area contributed by atoms with Gasteiger partial charge in [0.2, 0.25) is 0 Å². The number of rotatable bonds is 7. The average Bonchev–Trinajstić information content (AvgIpc) is 3.04. The van der Waals surface area contributed by atoms with Crippen molar-refractivity contribution in [3.63, 3.8) is 0 Å². The predicted octanol–water partition coefficient (Wildman–Crippen LogP) is 3.54. The SMILES string of the molecule is CNC(CCN(C)CC1CC1C)c1cc(C)cc(C)c1. The van der Waals surface area contributed by atoms with E-state index in [-0.39, 0.29) is 0 Å². The van der Waals surface area contributed by atoms with Crippen LogP contribution in [0.2, 0.25) is 0 Å². The monoisotopic (exact) mass is 274 g/mol. The van der Waals surface area contributed by atoms with Gasteiger partial charge in [-0.1, -0.05) is 36.2 Å². The molecule has 1 saturated carbocycles.